The number of amides is 1. The fourth-order valence-electron chi connectivity index (χ4n) is 2.68. The van der Waals surface area contributed by atoms with E-state index in [4.69, 9.17) is 0 Å². The summed E-state index contributed by atoms with van der Waals surface area (Å²) in [6, 6.07) is 12.8. The van der Waals surface area contributed by atoms with Crippen LogP contribution in [0.5, 0.6) is 0 Å². The SMILES string of the molecule is Cl.O=C(NCC1CCCN1)c1ccc(=O)n(Cc2ccccc2)n1. The van der Waals surface area contributed by atoms with Gasteiger partial charge >= 0.3 is 0 Å². The van der Waals surface area contributed by atoms with E-state index in [-0.39, 0.29) is 29.6 Å². The molecule has 2 heterocycles. The number of halogens is 1. The van der Waals surface area contributed by atoms with Crippen LogP contribution < -0.4 is 16.2 Å². The standard InChI is InChI=1S/C17H20N4O2.ClH/c22-16-9-8-15(17(23)19-11-14-7-4-10-18-14)20-21(16)12-13-5-2-1-3-6-13;/h1-3,5-6,8-9,14,18H,4,7,10-12H2,(H,19,23);1H. The lowest BCUT2D eigenvalue weighted by Gasteiger charge is -2.12. The molecule has 128 valence electrons. The van der Waals surface area contributed by atoms with Crippen molar-refractivity contribution in [2.24, 2.45) is 0 Å². The Balaban J connectivity index is 0.00000208. The minimum Gasteiger partial charge on any atom is -0.349 e. The zero-order valence-corrected chi connectivity index (χ0v) is 14.1. The van der Waals surface area contributed by atoms with Gasteiger partial charge in [0.05, 0.1) is 6.54 Å². The van der Waals surface area contributed by atoms with E-state index in [0.717, 1.165) is 24.9 Å². The number of carbonyl (C=O) groups is 1. The van der Waals surface area contributed by atoms with Gasteiger partial charge in [0, 0.05) is 18.7 Å². The highest BCUT2D eigenvalue weighted by Gasteiger charge is 2.16. The summed E-state index contributed by atoms with van der Waals surface area (Å²) in [7, 11) is 0. The first-order valence-electron chi connectivity index (χ1n) is 7.86. The molecule has 1 saturated heterocycles. The summed E-state index contributed by atoms with van der Waals surface area (Å²) in [4.78, 5) is 24.1. The number of hydrogen-bond acceptors (Lipinski definition) is 4. The molecule has 7 heteroatoms. The van der Waals surface area contributed by atoms with Crippen LogP contribution in [-0.2, 0) is 6.54 Å². The van der Waals surface area contributed by atoms with E-state index >= 15 is 0 Å². The highest BCUT2D eigenvalue weighted by atomic mass is 35.5. The number of benzene rings is 1. The summed E-state index contributed by atoms with van der Waals surface area (Å²) in [5.74, 6) is -0.250. The van der Waals surface area contributed by atoms with Crippen LogP contribution in [0.3, 0.4) is 0 Å². The van der Waals surface area contributed by atoms with E-state index in [1.807, 2.05) is 30.3 Å². The van der Waals surface area contributed by atoms with Crippen LogP contribution in [0.15, 0.2) is 47.3 Å². The minimum absolute atomic E-state index is 0. The van der Waals surface area contributed by atoms with Gasteiger partial charge in [0.25, 0.3) is 11.5 Å². The molecule has 24 heavy (non-hydrogen) atoms. The Bertz CT molecular complexity index is 727. The Morgan fingerprint density at radius 3 is 2.75 bits per heavy atom. The number of hydrogen-bond donors (Lipinski definition) is 2. The second-order valence-electron chi connectivity index (χ2n) is 5.70. The van der Waals surface area contributed by atoms with Crippen LogP contribution in [-0.4, -0.2) is 34.8 Å². The lowest BCUT2D eigenvalue weighted by atomic mass is 10.2. The summed E-state index contributed by atoms with van der Waals surface area (Å²) in [5, 5.41) is 10.4. The second kappa shape index (κ2) is 8.61. The van der Waals surface area contributed by atoms with Crippen molar-refractivity contribution in [1.29, 1.82) is 0 Å². The molecule has 3 rings (SSSR count). The monoisotopic (exact) mass is 348 g/mol. The van der Waals surface area contributed by atoms with E-state index in [0.29, 0.717) is 19.1 Å². The summed E-state index contributed by atoms with van der Waals surface area (Å²) in [6.07, 6.45) is 2.21. The fraction of sp³-hybridized carbons (Fsp3) is 0.353. The van der Waals surface area contributed by atoms with Crippen molar-refractivity contribution in [3.63, 3.8) is 0 Å². The second-order valence-corrected chi connectivity index (χ2v) is 5.70. The van der Waals surface area contributed by atoms with Gasteiger partial charge in [0.1, 0.15) is 5.69 Å². The Labute approximate surface area is 146 Å². The van der Waals surface area contributed by atoms with Gasteiger partial charge in [-0.25, -0.2) is 4.68 Å². The molecule has 1 aromatic carbocycles. The number of carbonyl (C=O) groups excluding carboxylic acids is 1. The lowest BCUT2D eigenvalue weighted by Crippen LogP contribution is -2.38. The first-order valence-corrected chi connectivity index (χ1v) is 7.86. The van der Waals surface area contributed by atoms with Gasteiger partial charge in [-0.05, 0) is 31.0 Å². The van der Waals surface area contributed by atoms with Gasteiger partial charge in [0.2, 0.25) is 0 Å². The maximum atomic E-state index is 12.2. The quantitative estimate of drug-likeness (QED) is 0.851. The number of rotatable bonds is 5. The molecule has 2 N–H and O–H groups in total. The van der Waals surface area contributed by atoms with Gasteiger partial charge in [-0.1, -0.05) is 30.3 Å². The zero-order valence-electron chi connectivity index (χ0n) is 13.3. The molecule has 1 aromatic heterocycles. The van der Waals surface area contributed by atoms with Crippen LogP contribution in [0, 0.1) is 0 Å². The summed E-state index contributed by atoms with van der Waals surface area (Å²) >= 11 is 0. The van der Waals surface area contributed by atoms with Crippen molar-refractivity contribution >= 4 is 18.3 Å². The maximum absolute atomic E-state index is 12.2. The largest absolute Gasteiger partial charge is 0.349 e. The van der Waals surface area contributed by atoms with E-state index in [1.54, 1.807) is 0 Å². The molecule has 1 aliphatic heterocycles. The first-order chi connectivity index (χ1) is 11.2. The van der Waals surface area contributed by atoms with Crippen LogP contribution in [0.1, 0.15) is 28.9 Å². The molecule has 0 saturated carbocycles. The smallest absolute Gasteiger partial charge is 0.271 e. The van der Waals surface area contributed by atoms with E-state index in [1.165, 1.54) is 16.8 Å². The summed E-state index contributed by atoms with van der Waals surface area (Å²) in [6.45, 7) is 1.93. The van der Waals surface area contributed by atoms with Crippen molar-refractivity contribution in [1.82, 2.24) is 20.4 Å². The molecular formula is C17H21ClN4O2. The summed E-state index contributed by atoms with van der Waals surface area (Å²) < 4.78 is 1.32. The number of nitrogens with zero attached hydrogens (tertiary/aromatic N) is 2. The highest BCUT2D eigenvalue weighted by Crippen LogP contribution is 2.04. The van der Waals surface area contributed by atoms with Gasteiger partial charge in [0.15, 0.2) is 0 Å². The fourth-order valence-corrected chi connectivity index (χ4v) is 2.68. The van der Waals surface area contributed by atoms with Gasteiger partial charge in [-0.15, -0.1) is 12.4 Å². The number of aromatic nitrogens is 2. The molecule has 1 unspecified atom stereocenters. The summed E-state index contributed by atoms with van der Waals surface area (Å²) in [5.41, 5.74) is 1.01. The molecule has 1 fully saturated rings. The molecule has 0 spiro atoms. The Morgan fingerprint density at radius 1 is 1.25 bits per heavy atom. The topological polar surface area (TPSA) is 76.0 Å². The molecule has 6 nitrogen and oxygen atoms in total. The van der Waals surface area contributed by atoms with Crippen molar-refractivity contribution in [2.45, 2.75) is 25.4 Å². The van der Waals surface area contributed by atoms with Crippen LogP contribution in [0.2, 0.25) is 0 Å². The van der Waals surface area contributed by atoms with E-state index < -0.39 is 0 Å². The Kier molecular flexibility index (Phi) is 6.52. The van der Waals surface area contributed by atoms with Crippen molar-refractivity contribution in [3.8, 4) is 0 Å². The zero-order chi connectivity index (χ0) is 16.1. The third-order valence-corrected chi connectivity index (χ3v) is 3.95. The number of nitrogens with one attached hydrogen (secondary N) is 2. The average molecular weight is 349 g/mol. The van der Waals surface area contributed by atoms with Crippen molar-refractivity contribution in [3.05, 3.63) is 64.1 Å². The van der Waals surface area contributed by atoms with Gasteiger partial charge in [-0.2, -0.15) is 5.10 Å². The molecule has 1 amide bonds. The molecular weight excluding hydrogens is 328 g/mol. The average Bonchev–Trinajstić information content (AvgIpc) is 3.09. The highest BCUT2D eigenvalue weighted by molar-refractivity contribution is 5.92. The predicted octanol–water partition coefficient (Wildman–Crippen LogP) is 1.20. The van der Waals surface area contributed by atoms with Crippen LogP contribution in [0.4, 0.5) is 0 Å². The lowest BCUT2D eigenvalue weighted by molar-refractivity contribution is 0.0943. The molecule has 0 aliphatic carbocycles. The van der Waals surface area contributed by atoms with Crippen molar-refractivity contribution < 1.29 is 4.79 Å². The Hall–Kier alpha value is -2.18. The van der Waals surface area contributed by atoms with E-state index in [9.17, 15) is 9.59 Å². The van der Waals surface area contributed by atoms with Crippen LogP contribution in [0.25, 0.3) is 0 Å². The van der Waals surface area contributed by atoms with Crippen LogP contribution >= 0.6 is 12.4 Å². The molecule has 0 bridgehead atoms. The normalized spacial score (nSPS) is 16.4. The molecule has 1 aliphatic rings. The molecule has 1 atom stereocenters. The predicted molar refractivity (Wildman–Crippen MR) is 94.6 cm³/mol. The third-order valence-electron chi connectivity index (χ3n) is 3.95. The van der Waals surface area contributed by atoms with Gasteiger partial charge in [-0.3, -0.25) is 9.59 Å². The first kappa shape index (κ1) is 18.2. The van der Waals surface area contributed by atoms with Gasteiger partial charge < -0.3 is 10.6 Å². The minimum atomic E-state index is -0.250. The Morgan fingerprint density at radius 2 is 2.04 bits per heavy atom. The maximum Gasteiger partial charge on any atom is 0.271 e. The van der Waals surface area contributed by atoms with E-state index in [2.05, 4.69) is 15.7 Å². The molecule has 2 aromatic rings. The van der Waals surface area contributed by atoms with Crippen molar-refractivity contribution in [2.75, 3.05) is 13.1 Å². The third kappa shape index (κ3) is 4.66. The molecule has 0 radical (unpaired) electrons.